The van der Waals surface area contributed by atoms with E-state index in [1.165, 1.54) is 7.11 Å². The third-order valence-corrected chi connectivity index (χ3v) is 3.17. The van der Waals surface area contributed by atoms with Crippen molar-refractivity contribution in [3.8, 4) is 5.75 Å². The predicted molar refractivity (Wildman–Crippen MR) is 65.7 cm³/mol. The highest BCUT2D eigenvalue weighted by molar-refractivity contribution is 5.77. The van der Waals surface area contributed by atoms with E-state index in [1.807, 2.05) is 19.1 Å². The van der Waals surface area contributed by atoms with Gasteiger partial charge in [0.15, 0.2) is 0 Å². The molecule has 0 aromatic heterocycles. The van der Waals surface area contributed by atoms with E-state index in [0.29, 0.717) is 24.4 Å². The molecule has 0 radical (unpaired) electrons. The van der Waals surface area contributed by atoms with Gasteiger partial charge in [0.2, 0.25) is 0 Å². The van der Waals surface area contributed by atoms with E-state index in [2.05, 4.69) is 0 Å². The number of nitrogens with zero attached hydrogens (tertiary/aromatic N) is 1. The summed E-state index contributed by atoms with van der Waals surface area (Å²) in [6.45, 7) is 2.68. The summed E-state index contributed by atoms with van der Waals surface area (Å²) in [6, 6.07) is 4.72. The van der Waals surface area contributed by atoms with Crippen LogP contribution in [-0.4, -0.2) is 47.4 Å². The Balaban J connectivity index is 2.36. The van der Waals surface area contributed by atoms with Crippen LogP contribution in [0.4, 0.5) is 0 Å². The first-order valence-electron chi connectivity index (χ1n) is 5.82. The number of hydrogen-bond acceptors (Lipinski definition) is 4. The van der Waals surface area contributed by atoms with Crippen LogP contribution in [-0.2, 0) is 4.79 Å². The minimum atomic E-state index is -0.925. The molecule has 0 amide bonds. The number of aliphatic carboxylic acids is 1. The maximum Gasteiger partial charge on any atom is 0.325 e. The van der Waals surface area contributed by atoms with Gasteiger partial charge in [-0.3, -0.25) is 9.69 Å². The summed E-state index contributed by atoms with van der Waals surface area (Å²) in [6.07, 6.45) is -0.428. The number of aryl methyl sites for hydroxylation is 1. The summed E-state index contributed by atoms with van der Waals surface area (Å²) in [4.78, 5) is 13.2. The molecule has 1 fully saturated rings. The van der Waals surface area contributed by atoms with E-state index in [4.69, 9.17) is 4.74 Å². The Morgan fingerprint density at radius 3 is 2.67 bits per heavy atom. The van der Waals surface area contributed by atoms with Crippen LogP contribution in [0.3, 0.4) is 0 Å². The fraction of sp³-hybridized carbons (Fsp3) is 0.462. The molecule has 2 N–H and O–H groups in total. The lowest BCUT2D eigenvalue weighted by molar-refractivity contribution is -0.148. The second kappa shape index (κ2) is 4.96. The topological polar surface area (TPSA) is 70.0 Å². The van der Waals surface area contributed by atoms with Crippen LogP contribution in [0.5, 0.6) is 5.75 Å². The molecule has 0 spiro atoms. The molecule has 1 aliphatic heterocycles. The van der Waals surface area contributed by atoms with Crippen LogP contribution in [0.1, 0.15) is 17.2 Å². The summed E-state index contributed by atoms with van der Waals surface area (Å²) >= 11 is 0. The predicted octanol–water partition coefficient (Wildman–Crippen LogP) is 0.806. The maximum atomic E-state index is 11.4. The van der Waals surface area contributed by atoms with Crippen molar-refractivity contribution in [1.29, 1.82) is 0 Å². The third-order valence-electron chi connectivity index (χ3n) is 3.17. The van der Waals surface area contributed by atoms with E-state index in [9.17, 15) is 15.0 Å². The molecule has 1 unspecified atom stereocenters. The Bertz CT molecular complexity index is 454. The first kappa shape index (κ1) is 12.9. The number of β-amino-alcohol motifs (C(OH)–C–C–N with tert-alkyl or cyclic N) is 1. The van der Waals surface area contributed by atoms with Crippen molar-refractivity contribution in [3.63, 3.8) is 0 Å². The van der Waals surface area contributed by atoms with Crippen molar-refractivity contribution >= 4 is 5.97 Å². The number of benzene rings is 1. The number of carbonyl (C=O) groups is 1. The van der Waals surface area contributed by atoms with Crippen LogP contribution >= 0.6 is 0 Å². The van der Waals surface area contributed by atoms with E-state index in [1.54, 1.807) is 11.0 Å². The highest BCUT2D eigenvalue weighted by Crippen LogP contribution is 2.33. The number of carboxylic acids is 1. The van der Waals surface area contributed by atoms with Crippen LogP contribution in [0.2, 0.25) is 0 Å². The highest BCUT2D eigenvalue weighted by atomic mass is 16.5. The molecule has 0 bridgehead atoms. The van der Waals surface area contributed by atoms with Crippen LogP contribution < -0.4 is 4.74 Å². The molecule has 1 aromatic rings. The van der Waals surface area contributed by atoms with Crippen molar-refractivity contribution in [2.45, 2.75) is 19.1 Å². The number of hydrogen-bond donors (Lipinski definition) is 2. The average molecular weight is 251 g/mol. The molecule has 1 atom stereocenters. The van der Waals surface area contributed by atoms with Gasteiger partial charge in [-0.1, -0.05) is 17.7 Å². The lowest BCUT2D eigenvalue weighted by Crippen LogP contribution is -2.53. The van der Waals surface area contributed by atoms with Gasteiger partial charge < -0.3 is 14.9 Å². The number of methoxy groups -OCH3 is 1. The summed E-state index contributed by atoms with van der Waals surface area (Å²) in [5.41, 5.74) is 1.62. The molecule has 2 rings (SSSR count). The normalized spacial score (nSPS) is 18.2. The molecule has 18 heavy (non-hydrogen) atoms. The minimum Gasteiger partial charge on any atom is -0.496 e. The Morgan fingerprint density at radius 1 is 1.50 bits per heavy atom. The maximum absolute atomic E-state index is 11.4. The van der Waals surface area contributed by atoms with Gasteiger partial charge in [0.25, 0.3) is 0 Å². The number of ether oxygens (including phenoxy) is 1. The SMILES string of the molecule is COc1ccc(C)cc1C(C(=O)O)N1CC(O)C1. The summed E-state index contributed by atoms with van der Waals surface area (Å²) < 4.78 is 5.22. The molecule has 5 heteroatoms. The number of likely N-dealkylation sites (tertiary alicyclic amines) is 1. The summed E-state index contributed by atoms with van der Waals surface area (Å²) in [7, 11) is 1.53. The number of rotatable bonds is 4. The zero-order valence-electron chi connectivity index (χ0n) is 10.5. The highest BCUT2D eigenvalue weighted by Gasteiger charge is 2.37. The third kappa shape index (κ3) is 2.32. The second-order valence-corrected chi connectivity index (χ2v) is 4.59. The zero-order valence-corrected chi connectivity index (χ0v) is 10.5. The molecule has 0 aliphatic carbocycles. The van der Waals surface area contributed by atoms with Crippen molar-refractivity contribution in [2.75, 3.05) is 20.2 Å². The second-order valence-electron chi connectivity index (χ2n) is 4.59. The molecule has 98 valence electrons. The number of aliphatic hydroxyl groups is 1. The molecule has 1 heterocycles. The summed E-state index contributed by atoms with van der Waals surface area (Å²) in [5.74, 6) is -0.361. The molecule has 1 aliphatic rings. The quantitative estimate of drug-likeness (QED) is 0.828. The first-order chi connectivity index (χ1) is 8.52. The lowest BCUT2D eigenvalue weighted by Gasteiger charge is -2.40. The molecule has 1 aromatic carbocycles. The van der Waals surface area contributed by atoms with Gasteiger partial charge in [0.1, 0.15) is 11.8 Å². The molecular weight excluding hydrogens is 234 g/mol. The van der Waals surface area contributed by atoms with E-state index < -0.39 is 18.1 Å². The smallest absolute Gasteiger partial charge is 0.325 e. The van der Waals surface area contributed by atoms with E-state index in [-0.39, 0.29) is 0 Å². The van der Waals surface area contributed by atoms with Gasteiger partial charge in [-0.2, -0.15) is 0 Å². The largest absolute Gasteiger partial charge is 0.496 e. The van der Waals surface area contributed by atoms with Gasteiger partial charge in [0.05, 0.1) is 13.2 Å². The Hall–Kier alpha value is -1.59. The minimum absolute atomic E-state index is 0.383. The van der Waals surface area contributed by atoms with Crippen molar-refractivity contribution in [1.82, 2.24) is 4.90 Å². The Morgan fingerprint density at radius 2 is 2.17 bits per heavy atom. The number of carboxylic acid groups (broad SMARTS) is 1. The van der Waals surface area contributed by atoms with Gasteiger partial charge in [-0.25, -0.2) is 0 Å². The monoisotopic (exact) mass is 251 g/mol. The first-order valence-corrected chi connectivity index (χ1v) is 5.82. The van der Waals surface area contributed by atoms with Gasteiger partial charge >= 0.3 is 5.97 Å². The van der Waals surface area contributed by atoms with Gasteiger partial charge in [-0.15, -0.1) is 0 Å². The fourth-order valence-electron chi connectivity index (χ4n) is 2.25. The van der Waals surface area contributed by atoms with Crippen LogP contribution in [0.15, 0.2) is 18.2 Å². The Labute approximate surface area is 106 Å². The molecule has 1 saturated heterocycles. The number of aliphatic hydroxyl groups excluding tert-OH is 1. The van der Waals surface area contributed by atoms with Crippen molar-refractivity contribution in [2.24, 2.45) is 0 Å². The van der Waals surface area contributed by atoms with Crippen LogP contribution in [0, 0.1) is 6.92 Å². The molecule has 5 nitrogen and oxygen atoms in total. The van der Waals surface area contributed by atoms with Gasteiger partial charge in [0, 0.05) is 18.7 Å². The summed E-state index contributed by atoms with van der Waals surface area (Å²) in [5, 5.41) is 18.7. The average Bonchev–Trinajstić information content (AvgIpc) is 2.27. The van der Waals surface area contributed by atoms with Crippen LogP contribution in [0.25, 0.3) is 0 Å². The Kier molecular flexibility index (Phi) is 3.54. The zero-order chi connectivity index (χ0) is 13.3. The van der Waals surface area contributed by atoms with Crippen molar-refractivity contribution in [3.05, 3.63) is 29.3 Å². The van der Waals surface area contributed by atoms with Crippen molar-refractivity contribution < 1.29 is 19.7 Å². The fourth-order valence-corrected chi connectivity index (χ4v) is 2.25. The van der Waals surface area contributed by atoms with E-state index in [0.717, 1.165) is 5.56 Å². The standard InChI is InChI=1S/C13H17NO4/c1-8-3-4-11(18-2)10(5-8)12(13(16)17)14-6-9(15)7-14/h3-5,9,12,15H,6-7H2,1-2H3,(H,16,17). The molecular formula is C13H17NO4. The van der Waals surface area contributed by atoms with Gasteiger partial charge in [-0.05, 0) is 13.0 Å². The van der Waals surface area contributed by atoms with E-state index >= 15 is 0 Å². The molecule has 0 saturated carbocycles. The lowest BCUT2D eigenvalue weighted by atomic mass is 9.98.